The molecule has 0 aliphatic heterocycles. The number of aromatic nitrogens is 1. The molecule has 0 N–H and O–H groups in total. The summed E-state index contributed by atoms with van der Waals surface area (Å²) in [6.45, 7) is 1.42. The number of alkyl halides is 3. The molecule has 38 heavy (non-hydrogen) atoms. The second-order valence-corrected chi connectivity index (χ2v) is 10.1. The average molecular weight is 539 g/mol. The maximum absolute atomic E-state index is 13.3. The van der Waals surface area contributed by atoms with Gasteiger partial charge in [0.25, 0.3) is 10.0 Å². The molecular formula is C28H21F3N2O4S. The Morgan fingerprint density at radius 3 is 2.18 bits per heavy atom. The van der Waals surface area contributed by atoms with Gasteiger partial charge in [-0.15, -0.1) is 0 Å². The molecule has 6 nitrogen and oxygen atoms in total. The highest BCUT2D eigenvalue weighted by atomic mass is 32.2. The van der Waals surface area contributed by atoms with Crippen molar-refractivity contribution < 1.29 is 31.1 Å². The number of hydrogen-bond donors (Lipinski definition) is 0. The van der Waals surface area contributed by atoms with Crippen LogP contribution in [0.5, 0.6) is 0 Å². The predicted molar refractivity (Wildman–Crippen MR) is 134 cm³/mol. The van der Waals surface area contributed by atoms with Gasteiger partial charge in [-0.2, -0.15) is 13.2 Å². The first kappa shape index (κ1) is 26.6. The number of benzene rings is 3. The van der Waals surface area contributed by atoms with Crippen LogP contribution in [-0.2, 0) is 27.5 Å². The average Bonchev–Trinajstić information content (AvgIpc) is 3.43. The first-order valence-electron chi connectivity index (χ1n) is 11.3. The zero-order chi connectivity index (χ0) is 27.3. The minimum atomic E-state index is -4.53. The summed E-state index contributed by atoms with van der Waals surface area (Å²) in [7, 11) is -4.22. The lowest BCUT2D eigenvalue weighted by molar-refractivity contribution is -0.137. The van der Waals surface area contributed by atoms with Gasteiger partial charge in [-0.3, -0.25) is 0 Å². The number of esters is 1. The Morgan fingerprint density at radius 1 is 0.921 bits per heavy atom. The Balaban J connectivity index is 1.63. The van der Waals surface area contributed by atoms with Crippen molar-refractivity contribution in [3.63, 3.8) is 0 Å². The fourth-order valence-corrected chi connectivity index (χ4v) is 4.74. The summed E-state index contributed by atoms with van der Waals surface area (Å²) in [5, 5.41) is 0. The van der Waals surface area contributed by atoms with E-state index in [2.05, 4.69) is 12.2 Å². The van der Waals surface area contributed by atoms with E-state index in [1.807, 2.05) is 0 Å². The molecule has 0 amide bonds. The number of aryl methyl sites for hydroxylation is 1. The van der Waals surface area contributed by atoms with Gasteiger partial charge in [0.05, 0.1) is 34.3 Å². The quantitative estimate of drug-likeness (QED) is 0.178. The molecule has 0 saturated carbocycles. The Labute approximate surface area is 218 Å². The van der Waals surface area contributed by atoms with Crippen LogP contribution in [0.15, 0.2) is 102 Å². The standard InChI is InChI=1S/C28H21F3N2O4S/c1-21-8-14-24(15-9-21)38(35,36)33(20-22-10-12-23(13-11-22)28(29,30)31)18-19-37-27(34)25-6-2-3-7-26(25)32-16-4-5-17-32/h2-17H,20H2,1H3. The van der Waals surface area contributed by atoms with E-state index in [1.54, 1.807) is 72.4 Å². The molecule has 1 aromatic heterocycles. The fourth-order valence-electron chi connectivity index (χ4n) is 3.53. The maximum Gasteiger partial charge on any atom is 0.416 e. The highest BCUT2D eigenvalue weighted by Crippen LogP contribution is 2.29. The number of ether oxygens (including phenoxy) is 1. The normalized spacial score (nSPS) is 11.4. The van der Waals surface area contributed by atoms with Gasteiger partial charge in [-0.25, -0.2) is 17.5 Å². The van der Waals surface area contributed by atoms with Gasteiger partial charge in [-0.1, -0.05) is 42.0 Å². The van der Waals surface area contributed by atoms with Crippen molar-refractivity contribution in [3.8, 4) is 17.8 Å². The summed E-state index contributed by atoms with van der Waals surface area (Å²) >= 11 is 0. The van der Waals surface area contributed by atoms with Crippen molar-refractivity contribution in [3.05, 3.63) is 120 Å². The van der Waals surface area contributed by atoms with Crippen LogP contribution >= 0.6 is 0 Å². The zero-order valence-corrected chi connectivity index (χ0v) is 20.8. The molecule has 10 heteroatoms. The smallest absolute Gasteiger partial charge is 0.367 e. The van der Waals surface area contributed by atoms with Gasteiger partial charge in [0.1, 0.15) is 6.11 Å². The first-order valence-corrected chi connectivity index (χ1v) is 12.7. The number of nitrogens with zero attached hydrogens (tertiary/aromatic N) is 2. The number of carbonyl (C=O) groups is 1. The van der Waals surface area contributed by atoms with Gasteiger partial charge in [0, 0.05) is 12.4 Å². The third-order valence-corrected chi connectivity index (χ3v) is 7.21. The Morgan fingerprint density at radius 2 is 1.55 bits per heavy atom. The summed E-state index contributed by atoms with van der Waals surface area (Å²) in [5.41, 5.74) is 0.967. The lowest BCUT2D eigenvalue weighted by Crippen LogP contribution is -2.26. The zero-order valence-electron chi connectivity index (χ0n) is 20.0. The van der Waals surface area contributed by atoms with E-state index < -0.39 is 27.7 Å². The topological polar surface area (TPSA) is 68.6 Å². The van der Waals surface area contributed by atoms with E-state index in [1.165, 1.54) is 24.3 Å². The monoisotopic (exact) mass is 538 g/mol. The lowest BCUT2D eigenvalue weighted by atomic mass is 10.1. The fraction of sp³-hybridized carbons (Fsp3) is 0.107. The van der Waals surface area contributed by atoms with Crippen LogP contribution in [0.1, 0.15) is 27.0 Å². The molecule has 0 fully saturated rings. The van der Waals surface area contributed by atoms with Gasteiger partial charge in [-0.05, 0) is 61.0 Å². The van der Waals surface area contributed by atoms with Crippen molar-refractivity contribution in [1.29, 1.82) is 0 Å². The molecule has 0 atom stereocenters. The third-order valence-electron chi connectivity index (χ3n) is 5.54. The van der Waals surface area contributed by atoms with Gasteiger partial charge >= 0.3 is 12.1 Å². The summed E-state index contributed by atoms with van der Waals surface area (Å²) in [6.07, 6.45) is 1.12. The number of sulfonamides is 1. The molecular weight excluding hydrogens is 517 g/mol. The van der Waals surface area contributed by atoms with Crippen LogP contribution < -0.4 is 0 Å². The molecule has 1 heterocycles. The summed E-state index contributed by atoms with van der Waals surface area (Å²) in [5.74, 6) is -0.802. The largest absolute Gasteiger partial charge is 0.416 e. The van der Waals surface area contributed by atoms with E-state index in [0.29, 0.717) is 5.69 Å². The molecule has 4 rings (SSSR count). The lowest BCUT2D eigenvalue weighted by Gasteiger charge is -2.18. The third kappa shape index (κ3) is 6.07. The molecule has 0 radical (unpaired) electrons. The Bertz CT molecular complexity index is 1590. The van der Waals surface area contributed by atoms with Crippen molar-refractivity contribution in [2.75, 3.05) is 0 Å². The van der Waals surface area contributed by atoms with Crippen molar-refractivity contribution in [2.45, 2.75) is 24.5 Å². The minimum absolute atomic E-state index is 0.0754. The highest BCUT2D eigenvalue weighted by molar-refractivity contribution is 7.89. The van der Waals surface area contributed by atoms with Crippen molar-refractivity contribution in [2.24, 2.45) is 0 Å². The molecule has 0 aliphatic rings. The molecule has 0 spiro atoms. The number of hydrogen-bond acceptors (Lipinski definition) is 4. The molecule has 0 bridgehead atoms. The van der Waals surface area contributed by atoms with Crippen LogP contribution in [0.3, 0.4) is 0 Å². The highest BCUT2D eigenvalue weighted by Gasteiger charge is 2.30. The number of rotatable bonds is 6. The minimum Gasteiger partial charge on any atom is -0.367 e. The summed E-state index contributed by atoms with van der Waals surface area (Å²) < 4.78 is 73.0. The van der Waals surface area contributed by atoms with E-state index in [-0.39, 0.29) is 22.6 Å². The Kier molecular flexibility index (Phi) is 7.60. The molecule has 194 valence electrons. The van der Waals surface area contributed by atoms with E-state index >= 15 is 0 Å². The van der Waals surface area contributed by atoms with E-state index in [0.717, 1.165) is 22.0 Å². The van der Waals surface area contributed by atoms with E-state index in [9.17, 15) is 26.4 Å². The maximum atomic E-state index is 13.3. The van der Waals surface area contributed by atoms with Crippen LogP contribution in [-0.4, -0.2) is 23.3 Å². The molecule has 4 aromatic rings. The summed E-state index contributed by atoms with van der Waals surface area (Å²) in [4.78, 5) is 12.7. The number of para-hydroxylation sites is 1. The van der Waals surface area contributed by atoms with Gasteiger partial charge in [0.2, 0.25) is 0 Å². The predicted octanol–water partition coefficient (Wildman–Crippen LogP) is 5.77. The van der Waals surface area contributed by atoms with Crippen molar-refractivity contribution in [1.82, 2.24) is 8.87 Å². The molecule has 0 saturated heterocycles. The van der Waals surface area contributed by atoms with E-state index in [4.69, 9.17) is 4.74 Å². The molecule has 0 unspecified atom stereocenters. The number of carbonyl (C=O) groups excluding carboxylic acids is 1. The second kappa shape index (κ2) is 10.9. The second-order valence-electron chi connectivity index (χ2n) is 8.23. The van der Waals surface area contributed by atoms with Crippen LogP contribution in [0.25, 0.3) is 5.69 Å². The Hall–Kier alpha value is -4.49. The van der Waals surface area contributed by atoms with Crippen molar-refractivity contribution >= 4 is 16.0 Å². The van der Waals surface area contributed by atoms with Crippen LogP contribution in [0, 0.1) is 19.1 Å². The SMILES string of the molecule is Cc1ccc(S(=O)(=O)N(C#COC(=O)c2ccccc2-n2cccc2)Cc2ccc(C(F)(F)F)cc2)cc1. The first-order chi connectivity index (χ1) is 18.1. The summed E-state index contributed by atoms with van der Waals surface area (Å²) in [6, 6.07) is 22.6. The molecule has 0 aliphatic carbocycles. The van der Waals surface area contributed by atoms with Crippen LogP contribution in [0.2, 0.25) is 0 Å². The molecule has 3 aromatic carbocycles. The van der Waals surface area contributed by atoms with Gasteiger partial charge in [0.15, 0.2) is 0 Å². The van der Waals surface area contributed by atoms with Crippen LogP contribution in [0.4, 0.5) is 13.2 Å². The number of halogens is 3. The van der Waals surface area contributed by atoms with Gasteiger partial charge < -0.3 is 9.30 Å².